The smallest absolute Gasteiger partial charge is 0.339 e. The van der Waals surface area contributed by atoms with Crippen molar-refractivity contribution < 1.29 is 9.53 Å². The Morgan fingerprint density at radius 1 is 1.40 bits per heavy atom. The molecule has 1 saturated carbocycles. The lowest BCUT2D eigenvalue weighted by Crippen LogP contribution is -2.28. The van der Waals surface area contributed by atoms with Crippen molar-refractivity contribution in [2.24, 2.45) is 0 Å². The highest BCUT2D eigenvalue weighted by Crippen LogP contribution is 2.31. The van der Waals surface area contributed by atoms with Crippen molar-refractivity contribution in [3.63, 3.8) is 0 Å². The molecule has 1 aromatic rings. The number of hydrogen-bond donors (Lipinski definition) is 1. The third kappa shape index (κ3) is 2.91. The summed E-state index contributed by atoms with van der Waals surface area (Å²) in [6, 6.07) is 6.39. The maximum Gasteiger partial charge on any atom is 0.339 e. The first-order valence-electron chi connectivity index (χ1n) is 7.06. The fourth-order valence-electron chi connectivity index (χ4n) is 2.82. The van der Waals surface area contributed by atoms with E-state index in [9.17, 15) is 4.79 Å². The maximum atomic E-state index is 11.8. The number of methoxy groups -OCH3 is 1. The summed E-state index contributed by atoms with van der Waals surface area (Å²) < 4.78 is 4.82. The van der Waals surface area contributed by atoms with Gasteiger partial charge in [-0.2, -0.15) is 0 Å². The van der Waals surface area contributed by atoms with Crippen molar-refractivity contribution in [1.29, 1.82) is 0 Å². The average Bonchev–Trinajstić information content (AvgIpc) is 3.19. The minimum Gasteiger partial charge on any atom is -0.465 e. The Hall–Kier alpha value is -1.26. The molecule has 0 spiro atoms. The van der Waals surface area contributed by atoms with E-state index in [1.807, 2.05) is 0 Å². The van der Waals surface area contributed by atoms with E-state index in [0.29, 0.717) is 16.6 Å². The van der Waals surface area contributed by atoms with Gasteiger partial charge in [0.25, 0.3) is 0 Å². The minimum absolute atomic E-state index is 0.332. The Morgan fingerprint density at radius 2 is 2.20 bits per heavy atom. The molecular formula is C15H19ClN2O2. The van der Waals surface area contributed by atoms with E-state index in [1.165, 1.54) is 20.0 Å². The first-order valence-corrected chi connectivity index (χ1v) is 7.43. The first-order chi connectivity index (χ1) is 9.67. The highest BCUT2D eigenvalue weighted by atomic mass is 35.5. The largest absolute Gasteiger partial charge is 0.465 e. The van der Waals surface area contributed by atoms with Crippen molar-refractivity contribution >= 4 is 23.3 Å². The van der Waals surface area contributed by atoms with Crippen LogP contribution in [0, 0.1) is 0 Å². The monoisotopic (exact) mass is 294 g/mol. The highest BCUT2D eigenvalue weighted by molar-refractivity contribution is 6.31. The number of esters is 1. The summed E-state index contributed by atoms with van der Waals surface area (Å²) >= 11 is 6.04. The summed E-state index contributed by atoms with van der Waals surface area (Å²) in [6.45, 7) is 2.17. The number of likely N-dealkylation sites (tertiary alicyclic amines) is 1. The fourth-order valence-corrected chi connectivity index (χ4v) is 2.99. The van der Waals surface area contributed by atoms with Gasteiger partial charge < -0.3 is 10.1 Å². The van der Waals surface area contributed by atoms with E-state index in [1.54, 1.807) is 18.2 Å². The zero-order valence-electron chi connectivity index (χ0n) is 11.6. The molecule has 1 N–H and O–H groups in total. The molecule has 0 amide bonds. The van der Waals surface area contributed by atoms with Gasteiger partial charge in [-0.05, 0) is 37.5 Å². The number of benzene rings is 1. The zero-order valence-corrected chi connectivity index (χ0v) is 12.3. The molecule has 3 rings (SSSR count). The number of halogens is 1. The van der Waals surface area contributed by atoms with E-state index >= 15 is 0 Å². The van der Waals surface area contributed by atoms with Gasteiger partial charge in [0, 0.05) is 30.2 Å². The molecule has 2 aliphatic rings. The van der Waals surface area contributed by atoms with Gasteiger partial charge in [-0.3, -0.25) is 4.90 Å². The van der Waals surface area contributed by atoms with Crippen molar-refractivity contribution in [2.75, 3.05) is 25.5 Å². The van der Waals surface area contributed by atoms with Gasteiger partial charge in [0.15, 0.2) is 0 Å². The van der Waals surface area contributed by atoms with Crippen LogP contribution in [0.4, 0.5) is 5.69 Å². The number of ether oxygens (including phenoxy) is 1. The lowest BCUT2D eigenvalue weighted by Gasteiger charge is -2.18. The lowest BCUT2D eigenvalue weighted by atomic mass is 10.1. The van der Waals surface area contributed by atoms with Crippen LogP contribution in [0.3, 0.4) is 0 Å². The SMILES string of the molecule is COC(=O)c1ccc(Cl)cc1NC1CCN(C2CC2)C1. The maximum absolute atomic E-state index is 11.8. The predicted molar refractivity (Wildman–Crippen MR) is 79.4 cm³/mol. The van der Waals surface area contributed by atoms with Gasteiger partial charge in [-0.15, -0.1) is 0 Å². The van der Waals surface area contributed by atoms with Crippen molar-refractivity contribution in [3.05, 3.63) is 28.8 Å². The summed E-state index contributed by atoms with van der Waals surface area (Å²) in [6.07, 6.45) is 3.76. The van der Waals surface area contributed by atoms with E-state index in [4.69, 9.17) is 16.3 Å². The number of carbonyl (C=O) groups is 1. The molecule has 20 heavy (non-hydrogen) atoms. The first kappa shape index (κ1) is 13.7. The van der Waals surface area contributed by atoms with Gasteiger partial charge in [0.05, 0.1) is 18.4 Å². The average molecular weight is 295 g/mol. The molecular weight excluding hydrogens is 276 g/mol. The molecule has 0 aromatic heterocycles. The number of hydrogen-bond acceptors (Lipinski definition) is 4. The van der Waals surface area contributed by atoms with Gasteiger partial charge in [-0.25, -0.2) is 4.79 Å². The molecule has 1 saturated heterocycles. The molecule has 5 heteroatoms. The molecule has 1 aliphatic carbocycles. The van der Waals surface area contributed by atoms with Crippen LogP contribution < -0.4 is 5.32 Å². The van der Waals surface area contributed by atoms with E-state index in [0.717, 1.165) is 31.2 Å². The van der Waals surface area contributed by atoms with Crippen LogP contribution in [0.1, 0.15) is 29.6 Å². The fraction of sp³-hybridized carbons (Fsp3) is 0.533. The summed E-state index contributed by atoms with van der Waals surface area (Å²) in [4.78, 5) is 14.3. The highest BCUT2D eigenvalue weighted by Gasteiger charge is 2.34. The molecule has 0 bridgehead atoms. The second kappa shape index (κ2) is 5.62. The quantitative estimate of drug-likeness (QED) is 0.867. The molecule has 1 unspecified atom stereocenters. The van der Waals surface area contributed by atoms with Crippen molar-refractivity contribution in [3.8, 4) is 0 Å². The molecule has 1 aliphatic heterocycles. The third-order valence-corrected chi connectivity index (χ3v) is 4.26. The normalized spacial score (nSPS) is 22.8. The zero-order chi connectivity index (χ0) is 14.1. The molecule has 0 radical (unpaired) electrons. The Balaban J connectivity index is 1.72. The van der Waals surface area contributed by atoms with Gasteiger partial charge in [0.2, 0.25) is 0 Å². The minimum atomic E-state index is -0.332. The Morgan fingerprint density at radius 3 is 2.90 bits per heavy atom. The van der Waals surface area contributed by atoms with E-state index in [-0.39, 0.29) is 5.97 Å². The summed E-state index contributed by atoms with van der Waals surface area (Å²) in [5.74, 6) is -0.332. The lowest BCUT2D eigenvalue weighted by molar-refractivity contribution is 0.0602. The summed E-state index contributed by atoms with van der Waals surface area (Å²) in [5.41, 5.74) is 1.31. The number of nitrogens with zero attached hydrogens (tertiary/aromatic N) is 1. The second-order valence-electron chi connectivity index (χ2n) is 5.54. The Bertz CT molecular complexity index is 517. The van der Waals surface area contributed by atoms with E-state index in [2.05, 4.69) is 10.2 Å². The van der Waals surface area contributed by atoms with Gasteiger partial charge in [0.1, 0.15) is 0 Å². The van der Waals surface area contributed by atoms with Crippen LogP contribution in [0.15, 0.2) is 18.2 Å². The van der Waals surface area contributed by atoms with Crippen LogP contribution in [0.2, 0.25) is 5.02 Å². The second-order valence-corrected chi connectivity index (χ2v) is 5.97. The van der Waals surface area contributed by atoms with E-state index < -0.39 is 0 Å². The van der Waals surface area contributed by atoms with Crippen molar-refractivity contribution in [1.82, 2.24) is 4.90 Å². The number of nitrogens with one attached hydrogen (secondary N) is 1. The topological polar surface area (TPSA) is 41.6 Å². The molecule has 2 fully saturated rings. The van der Waals surface area contributed by atoms with Crippen LogP contribution >= 0.6 is 11.6 Å². The summed E-state index contributed by atoms with van der Waals surface area (Å²) in [5, 5.41) is 4.07. The Labute approximate surface area is 124 Å². The standard InChI is InChI=1S/C15H19ClN2O2/c1-20-15(19)13-5-2-10(16)8-14(13)17-11-6-7-18(9-11)12-3-4-12/h2,5,8,11-12,17H,3-4,6-7,9H2,1H3. The predicted octanol–water partition coefficient (Wildman–Crippen LogP) is 2.78. The molecule has 1 heterocycles. The molecule has 4 nitrogen and oxygen atoms in total. The molecule has 108 valence electrons. The summed E-state index contributed by atoms with van der Waals surface area (Å²) in [7, 11) is 1.39. The van der Waals surface area contributed by atoms with Crippen LogP contribution in [-0.2, 0) is 4.74 Å². The molecule has 1 atom stereocenters. The van der Waals surface area contributed by atoms with Crippen LogP contribution in [0.5, 0.6) is 0 Å². The molecule has 1 aromatic carbocycles. The van der Waals surface area contributed by atoms with Crippen LogP contribution in [0.25, 0.3) is 0 Å². The van der Waals surface area contributed by atoms with Gasteiger partial charge in [-0.1, -0.05) is 11.6 Å². The number of carbonyl (C=O) groups excluding carboxylic acids is 1. The van der Waals surface area contributed by atoms with Gasteiger partial charge >= 0.3 is 5.97 Å². The number of anilines is 1. The van der Waals surface area contributed by atoms with Crippen molar-refractivity contribution in [2.45, 2.75) is 31.3 Å². The third-order valence-electron chi connectivity index (χ3n) is 4.03. The number of rotatable bonds is 4. The van der Waals surface area contributed by atoms with Crippen LogP contribution in [-0.4, -0.2) is 43.2 Å². The Kier molecular flexibility index (Phi) is 3.85.